The van der Waals surface area contributed by atoms with E-state index in [-0.39, 0.29) is 24.6 Å². The smallest absolute Gasteiger partial charge is 0.433 e. The van der Waals surface area contributed by atoms with Crippen LogP contribution in [0.1, 0.15) is 27.2 Å². The molecule has 0 radical (unpaired) electrons. The van der Waals surface area contributed by atoms with Crippen LogP contribution in [0.15, 0.2) is 36.5 Å². The Hall–Kier alpha value is -4.07. The van der Waals surface area contributed by atoms with Gasteiger partial charge in [-0.25, -0.2) is 4.79 Å². The Balaban J connectivity index is 1.62. The van der Waals surface area contributed by atoms with Crippen molar-refractivity contribution >= 4 is 17.8 Å². The Labute approximate surface area is 179 Å². The lowest BCUT2D eigenvalue weighted by atomic mass is 9.99. The summed E-state index contributed by atoms with van der Waals surface area (Å²) in [5.41, 5.74) is -1.63. The van der Waals surface area contributed by atoms with Crippen LogP contribution in [0.2, 0.25) is 0 Å². The molecule has 164 valence electrons. The number of methoxy groups -OCH3 is 1. The third kappa shape index (κ3) is 3.82. The third-order valence-electron chi connectivity index (χ3n) is 5.04. The molecule has 0 saturated carbocycles. The molecule has 2 aliphatic heterocycles. The number of alkyl halides is 3. The lowest BCUT2D eigenvalue weighted by Crippen LogP contribution is -2.54. The number of hydrogen-bond acceptors (Lipinski definition) is 5. The molecule has 1 saturated heterocycles. The van der Waals surface area contributed by atoms with Gasteiger partial charge in [-0.15, -0.1) is 0 Å². The summed E-state index contributed by atoms with van der Waals surface area (Å²) in [6, 6.07) is 6.09. The average molecular weight is 444 g/mol. The fourth-order valence-corrected chi connectivity index (χ4v) is 3.43. The number of carbonyl (C=O) groups excluding carboxylic acids is 3. The van der Waals surface area contributed by atoms with Crippen LogP contribution in [-0.4, -0.2) is 46.9 Å². The first-order chi connectivity index (χ1) is 15.1. The van der Waals surface area contributed by atoms with Crippen molar-refractivity contribution in [1.82, 2.24) is 20.5 Å². The van der Waals surface area contributed by atoms with E-state index in [1.54, 1.807) is 18.2 Å². The molecule has 11 heteroatoms. The van der Waals surface area contributed by atoms with E-state index in [0.717, 1.165) is 23.9 Å². The standard InChI is InChI=1S/C21H15F3N4O4/c1-32-14-4-3-13-10-28(17(29)15(13)8-14)11-20(18(30)26-19(31)27-20)7-6-12-2-5-16(25-9-12)21(22,23)24/h2-5,8-9H,10-11H2,1H3,(H2,26,27,30,31). The van der Waals surface area contributed by atoms with Crippen LogP contribution >= 0.6 is 0 Å². The summed E-state index contributed by atoms with van der Waals surface area (Å²) in [4.78, 5) is 41.9. The van der Waals surface area contributed by atoms with E-state index in [1.165, 1.54) is 12.0 Å². The van der Waals surface area contributed by atoms with Gasteiger partial charge in [0.15, 0.2) is 0 Å². The van der Waals surface area contributed by atoms with Gasteiger partial charge in [0.05, 0.1) is 13.7 Å². The highest BCUT2D eigenvalue weighted by atomic mass is 19.4. The van der Waals surface area contributed by atoms with Crippen molar-refractivity contribution in [3.8, 4) is 17.6 Å². The molecule has 1 atom stereocenters. The lowest BCUT2D eigenvalue weighted by molar-refractivity contribution is -0.141. The zero-order valence-corrected chi connectivity index (χ0v) is 16.5. The van der Waals surface area contributed by atoms with E-state index in [2.05, 4.69) is 27.5 Å². The summed E-state index contributed by atoms with van der Waals surface area (Å²) >= 11 is 0. The molecule has 2 aliphatic rings. The predicted molar refractivity (Wildman–Crippen MR) is 103 cm³/mol. The third-order valence-corrected chi connectivity index (χ3v) is 5.04. The van der Waals surface area contributed by atoms with Crippen molar-refractivity contribution in [1.29, 1.82) is 0 Å². The van der Waals surface area contributed by atoms with Gasteiger partial charge in [0.25, 0.3) is 11.8 Å². The van der Waals surface area contributed by atoms with E-state index in [0.29, 0.717) is 11.3 Å². The quantitative estimate of drug-likeness (QED) is 0.555. The monoisotopic (exact) mass is 444 g/mol. The number of nitrogens with zero attached hydrogens (tertiary/aromatic N) is 2. The Morgan fingerprint density at radius 1 is 1.22 bits per heavy atom. The highest BCUT2D eigenvalue weighted by molar-refractivity contribution is 6.10. The number of rotatable bonds is 3. The zero-order chi connectivity index (χ0) is 23.1. The molecule has 1 aromatic heterocycles. The second-order valence-electron chi connectivity index (χ2n) is 7.18. The van der Waals surface area contributed by atoms with Crippen LogP contribution in [-0.2, 0) is 17.5 Å². The fraction of sp³-hybridized carbons (Fsp3) is 0.238. The largest absolute Gasteiger partial charge is 0.497 e. The summed E-state index contributed by atoms with van der Waals surface area (Å²) in [5, 5.41) is 4.51. The molecule has 4 amide bonds. The molecule has 0 aliphatic carbocycles. The molecule has 8 nitrogen and oxygen atoms in total. The number of imide groups is 1. The van der Waals surface area contributed by atoms with E-state index in [1.807, 2.05) is 0 Å². The maximum Gasteiger partial charge on any atom is 0.433 e. The summed E-state index contributed by atoms with van der Waals surface area (Å²) < 4.78 is 43.2. The van der Waals surface area contributed by atoms with Gasteiger partial charge in [-0.2, -0.15) is 13.2 Å². The first kappa shape index (κ1) is 21.2. The van der Waals surface area contributed by atoms with Crippen LogP contribution in [0.3, 0.4) is 0 Å². The maximum atomic E-state index is 12.9. The summed E-state index contributed by atoms with van der Waals surface area (Å²) in [7, 11) is 1.47. The number of urea groups is 1. The summed E-state index contributed by atoms with van der Waals surface area (Å²) in [6.45, 7) is -0.0754. The molecule has 2 aromatic rings. The van der Waals surface area contributed by atoms with E-state index in [4.69, 9.17) is 4.74 Å². The Morgan fingerprint density at radius 3 is 2.59 bits per heavy atom. The minimum atomic E-state index is -4.60. The van der Waals surface area contributed by atoms with Gasteiger partial charge < -0.3 is 15.0 Å². The number of amides is 4. The lowest BCUT2D eigenvalue weighted by Gasteiger charge is -2.26. The number of carbonyl (C=O) groups is 3. The number of ether oxygens (including phenoxy) is 1. The van der Waals surface area contributed by atoms with Gasteiger partial charge >= 0.3 is 12.2 Å². The normalized spacial score (nSPS) is 19.8. The van der Waals surface area contributed by atoms with Crippen LogP contribution in [0, 0.1) is 11.8 Å². The SMILES string of the molecule is COc1ccc2c(c1)C(=O)N(CC1(C#Cc3ccc(C(F)(F)F)nc3)NC(=O)NC1=O)C2. The van der Waals surface area contributed by atoms with Gasteiger partial charge in [-0.05, 0) is 29.8 Å². The van der Waals surface area contributed by atoms with Crippen molar-refractivity contribution in [3.05, 3.63) is 58.9 Å². The van der Waals surface area contributed by atoms with Gasteiger partial charge in [0, 0.05) is 23.9 Å². The summed E-state index contributed by atoms with van der Waals surface area (Å²) in [5.74, 6) is 4.54. The Bertz CT molecular complexity index is 1180. The minimum absolute atomic E-state index is 0.104. The molecule has 3 heterocycles. The molecular formula is C21H15F3N4O4. The maximum absolute atomic E-state index is 12.9. The van der Waals surface area contributed by atoms with Crippen LogP contribution in [0.5, 0.6) is 5.75 Å². The molecular weight excluding hydrogens is 429 g/mol. The molecule has 32 heavy (non-hydrogen) atoms. The molecule has 0 bridgehead atoms. The van der Waals surface area contributed by atoms with Gasteiger partial charge in [-0.3, -0.25) is 19.9 Å². The molecule has 4 rings (SSSR count). The fourth-order valence-electron chi connectivity index (χ4n) is 3.43. The van der Waals surface area contributed by atoms with Gasteiger partial charge in [-0.1, -0.05) is 17.9 Å². The van der Waals surface area contributed by atoms with E-state index in [9.17, 15) is 27.6 Å². The molecule has 1 aromatic carbocycles. The van der Waals surface area contributed by atoms with Crippen LogP contribution in [0.25, 0.3) is 0 Å². The number of pyridine rings is 1. The predicted octanol–water partition coefficient (Wildman–Crippen LogP) is 1.69. The number of fused-ring (bicyclic) bond motifs is 1. The van der Waals surface area contributed by atoms with Crippen molar-refractivity contribution in [2.45, 2.75) is 18.3 Å². The number of nitrogens with one attached hydrogen (secondary N) is 2. The average Bonchev–Trinajstić information content (AvgIpc) is 3.21. The van der Waals surface area contributed by atoms with Crippen molar-refractivity contribution in [2.24, 2.45) is 0 Å². The number of halogens is 3. The van der Waals surface area contributed by atoms with E-state index < -0.39 is 29.3 Å². The van der Waals surface area contributed by atoms with Crippen molar-refractivity contribution in [2.75, 3.05) is 13.7 Å². The van der Waals surface area contributed by atoms with Gasteiger partial charge in [0.2, 0.25) is 5.54 Å². The topological polar surface area (TPSA) is 101 Å². The summed E-state index contributed by atoms with van der Waals surface area (Å²) in [6.07, 6.45) is -3.68. The first-order valence-corrected chi connectivity index (χ1v) is 9.27. The zero-order valence-electron chi connectivity index (χ0n) is 16.5. The van der Waals surface area contributed by atoms with Gasteiger partial charge in [0.1, 0.15) is 11.4 Å². The van der Waals surface area contributed by atoms with Crippen LogP contribution < -0.4 is 15.4 Å². The first-order valence-electron chi connectivity index (χ1n) is 9.27. The molecule has 0 spiro atoms. The Morgan fingerprint density at radius 2 is 2.00 bits per heavy atom. The highest BCUT2D eigenvalue weighted by Gasteiger charge is 2.48. The van der Waals surface area contributed by atoms with E-state index >= 15 is 0 Å². The number of benzene rings is 1. The highest BCUT2D eigenvalue weighted by Crippen LogP contribution is 2.29. The molecule has 1 unspecified atom stereocenters. The second-order valence-corrected chi connectivity index (χ2v) is 7.18. The van der Waals surface area contributed by atoms with Crippen LogP contribution in [0.4, 0.5) is 18.0 Å². The minimum Gasteiger partial charge on any atom is -0.497 e. The Kier molecular flexibility index (Phi) is 5.00. The number of hydrogen-bond donors (Lipinski definition) is 2. The molecule has 1 fully saturated rings. The molecule has 2 N–H and O–H groups in total. The second kappa shape index (κ2) is 7.56. The van der Waals surface area contributed by atoms with Crippen molar-refractivity contribution < 1.29 is 32.3 Å². The van der Waals surface area contributed by atoms with Crippen molar-refractivity contribution in [3.63, 3.8) is 0 Å². The number of aromatic nitrogens is 1.